The number of halogens is 1. The molecule has 0 fully saturated rings. The van der Waals surface area contributed by atoms with Crippen molar-refractivity contribution in [3.63, 3.8) is 0 Å². The highest BCUT2D eigenvalue weighted by Crippen LogP contribution is 2.13. The molecule has 0 aromatic heterocycles. The van der Waals surface area contributed by atoms with E-state index in [4.69, 9.17) is 16.7 Å². The zero-order chi connectivity index (χ0) is 13.8. The van der Waals surface area contributed by atoms with Crippen molar-refractivity contribution in [1.82, 2.24) is 5.32 Å². The molecule has 0 heterocycles. The van der Waals surface area contributed by atoms with Crippen molar-refractivity contribution < 1.29 is 14.7 Å². The predicted molar refractivity (Wildman–Crippen MR) is 69.6 cm³/mol. The highest BCUT2D eigenvalue weighted by atomic mass is 35.5. The summed E-state index contributed by atoms with van der Waals surface area (Å²) in [4.78, 5) is 22.5. The van der Waals surface area contributed by atoms with Crippen molar-refractivity contribution in [2.24, 2.45) is 5.41 Å². The first kappa shape index (κ1) is 14.5. The van der Waals surface area contributed by atoms with Gasteiger partial charge in [-0.1, -0.05) is 23.7 Å². The molecule has 2 N–H and O–H groups in total. The van der Waals surface area contributed by atoms with Crippen LogP contribution < -0.4 is 5.32 Å². The van der Waals surface area contributed by atoms with Crippen LogP contribution in [0.15, 0.2) is 24.3 Å². The maximum Gasteiger partial charge on any atom is 0.310 e. The van der Waals surface area contributed by atoms with Crippen LogP contribution in [0.3, 0.4) is 0 Å². The molecular formula is C13H16ClNO3. The van der Waals surface area contributed by atoms with Crippen LogP contribution in [-0.2, 0) is 16.0 Å². The summed E-state index contributed by atoms with van der Waals surface area (Å²) in [5.41, 5.74) is -0.125. The fourth-order valence-corrected chi connectivity index (χ4v) is 1.37. The molecule has 98 valence electrons. The Balaban J connectivity index is 2.48. The molecule has 0 bridgehead atoms. The number of hydrogen-bond acceptors (Lipinski definition) is 2. The lowest BCUT2D eigenvalue weighted by Gasteiger charge is -2.19. The molecule has 1 rings (SSSR count). The molecule has 0 aliphatic rings. The zero-order valence-electron chi connectivity index (χ0n) is 10.4. The molecular weight excluding hydrogens is 254 g/mol. The Hall–Kier alpha value is -1.55. The fourth-order valence-electron chi connectivity index (χ4n) is 1.25. The first-order chi connectivity index (χ1) is 8.31. The summed E-state index contributed by atoms with van der Waals surface area (Å²) in [5, 5.41) is 12.1. The number of aliphatic carboxylic acids is 1. The Morgan fingerprint density at radius 1 is 1.28 bits per heavy atom. The van der Waals surface area contributed by atoms with E-state index in [2.05, 4.69) is 5.32 Å². The molecule has 0 unspecified atom stereocenters. The van der Waals surface area contributed by atoms with Gasteiger partial charge < -0.3 is 10.4 Å². The molecule has 0 saturated heterocycles. The van der Waals surface area contributed by atoms with E-state index in [0.717, 1.165) is 5.56 Å². The van der Waals surface area contributed by atoms with Crippen molar-refractivity contribution >= 4 is 23.5 Å². The fraction of sp³-hybridized carbons (Fsp3) is 0.385. The molecule has 0 atom stereocenters. The van der Waals surface area contributed by atoms with Gasteiger partial charge in [0, 0.05) is 11.6 Å². The van der Waals surface area contributed by atoms with Crippen molar-refractivity contribution in [3.8, 4) is 0 Å². The smallest absolute Gasteiger partial charge is 0.310 e. The van der Waals surface area contributed by atoms with Gasteiger partial charge in [0.1, 0.15) is 0 Å². The van der Waals surface area contributed by atoms with Crippen molar-refractivity contribution in [2.45, 2.75) is 20.3 Å². The standard InChI is InChI=1S/C13H16ClNO3/c1-13(2,12(17)18)8-15-11(16)7-9-3-5-10(14)6-4-9/h3-6H,7-8H2,1-2H3,(H,15,16)(H,17,18). The Labute approximate surface area is 111 Å². The van der Waals surface area contributed by atoms with Gasteiger partial charge in [0.25, 0.3) is 0 Å². The minimum Gasteiger partial charge on any atom is -0.481 e. The monoisotopic (exact) mass is 269 g/mol. The number of amides is 1. The van der Waals surface area contributed by atoms with Crippen LogP contribution in [0.1, 0.15) is 19.4 Å². The van der Waals surface area contributed by atoms with E-state index in [1.54, 1.807) is 38.1 Å². The second-order valence-corrected chi connectivity index (χ2v) is 5.21. The molecule has 0 saturated carbocycles. The molecule has 1 aromatic rings. The van der Waals surface area contributed by atoms with Crippen LogP contribution in [0, 0.1) is 5.41 Å². The Morgan fingerprint density at radius 2 is 1.83 bits per heavy atom. The van der Waals surface area contributed by atoms with Gasteiger partial charge in [-0.25, -0.2) is 0 Å². The van der Waals surface area contributed by atoms with Gasteiger partial charge >= 0.3 is 5.97 Å². The van der Waals surface area contributed by atoms with E-state index in [0.29, 0.717) is 5.02 Å². The van der Waals surface area contributed by atoms with Crippen molar-refractivity contribution in [2.75, 3.05) is 6.54 Å². The summed E-state index contributed by atoms with van der Waals surface area (Å²) >= 11 is 5.74. The maximum absolute atomic E-state index is 11.6. The topological polar surface area (TPSA) is 66.4 Å². The minimum absolute atomic E-state index is 0.106. The lowest BCUT2D eigenvalue weighted by Crippen LogP contribution is -2.39. The summed E-state index contributed by atoms with van der Waals surface area (Å²) in [5.74, 6) is -1.14. The molecule has 1 aromatic carbocycles. The van der Waals surface area contributed by atoms with E-state index in [1.165, 1.54) is 0 Å². The third kappa shape index (κ3) is 4.37. The lowest BCUT2D eigenvalue weighted by molar-refractivity contribution is -0.146. The van der Waals surface area contributed by atoms with Gasteiger partial charge in [0.05, 0.1) is 11.8 Å². The first-order valence-electron chi connectivity index (χ1n) is 5.56. The van der Waals surface area contributed by atoms with Crippen LogP contribution >= 0.6 is 11.6 Å². The first-order valence-corrected chi connectivity index (χ1v) is 5.93. The van der Waals surface area contributed by atoms with Crippen LogP contribution in [0.2, 0.25) is 5.02 Å². The van der Waals surface area contributed by atoms with Gasteiger partial charge in [0.15, 0.2) is 0 Å². The molecule has 5 heteroatoms. The van der Waals surface area contributed by atoms with Crippen LogP contribution in [-0.4, -0.2) is 23.5 Å². The molecule has 1 amide bonds. The van der Waals surface area contributed by atoms with Crippen molar-refractivity contribution in [3.05, 3.63) is 34.9 Å². The average Bonchev–Trinajstić information content (AvgIpc) is 2.29. The number of nitrogens with one attached hydrogen (secondary N) is 1. The molecule has 0 spiro atoms. The quantitative estimate of drug-likeness (QED) is 0.860. The van der Waals surface area contributed by atoms with Crippen LogP contribution in [0.5, 0.6) is 0 Å². The number of hydrogen-bond donors (Lipinski definition) is 2. The molecule has 0 aliphatic carbocycles. The predicted octanol–water partition coefficient (Wildman–Crippen LogP) is 2.11. The maximum atomic E-state index is 11.6. The Kier molecular flexibility index (Phi) is 4.73. The minimum atomic E-state index is -0.963. The summed E-state index contributed by atoms with van der Waals surface area (Å²) in [7, 11) is 0. The average molecular weight is 270 g/mol. The van der Waals surface area contributed by atoms with Crippen LogP contribution in [0.4, 0.5) is 0 Å². The van der Waals surface area contributed by atoms with E-state index in [9.17, 15) is 9.59 Å². The van der Waals surface area contributed by atoms with Gasteiger partial charge in [-0.3, -0.25) is 9.59 Å². The second-order valence-electron chi connectivity index (χ2n) is 4.77. The highest BCUT2D eigenvalue weighted by molar-refractivity contribution is 6.30. The number of carboxylic acids is 1. The second kappa shape index (κ2) is 5.87. The number of carboxylic acid groups (broad SMARTS) is 1. The van der Waals surface area contributed by atoms with E-state index in [-0.39, 0.29) is 18.9 Å². The van der Waals surface area contributed by atoms with Crippen molar-refractivity contribution in [1.29, 1.82) is 0 Å². The summed E-state index contributed by atoms with van der Waals surface area (Å²) in [6.45, 7) is 3.24. The highest BCUT2D eigenvalue weighted by Gasteiger charge is 2.27. The number of carbonyl (C=O) groups is 2. The molecule has 0 radical (unpaired) electrons. The molecule has 0 aliphatic heterocycles. The molecule has 4 nitrogen and oxygen atoms in total. The molecule has 18 heavy (non-hydrogen) atoms. The van der Waals surface area contributed by atoms with E-state index in [1.807, 2.05) is 0 Å². The van der Waals surface area contributed by atoms with Gasteiger partial charge in [-0.15, -0.1) is 0 Å². The number of rotatable bonds is 5. The third-order valence-electron chi connectivity index (χ3n) is 2.58. The number of benzene rings is 1. The lowest BCUT2D eigenvalue weighted by atomic mass is 9.94. The van der Waals surface area contributed by atoms with Gasteiger partial charge in [-0.2, -0.15) is 0 Å². The van der Waals surface area contributed by atoms with Gasteiger partial charge in [0.2, 0.25) is 5.91 Å². The normalized spacial score (nSPS) is 11.1. The summed E-state index contributed by atoms with van der Waals surface area (Å²) < 4.78 is 0. The zero-order valence-corrected chi connectivity index (χ0v) is 11.1. The Morgan fingerprint density at radius 3 is 2.33 bits per heavy atom. The van der Waals surface area contributed by atoms with E-state index >= 15 is 0 Å². The largest absolute Gasteiger partial charge is 0.481 e. The van der Waals surface area contributed by atoms with E-state index < -0.39 is 11.4 Å². The third-order valence-corrected chi connectivity index (χ3v) is 2.84. The number of carbonyl (C=O) groups excluding carboxylic acids is 1. The SMILES string of the molecule is CC(C)(CNC(=O)Cc1ccc(Cl)cc1)C(=O)O. The summed E-state index contributed by atoms with van der Waals surface area (Å²) in [6.07, 6.45) is 0.215. The van der Waals surface area contributed by atoms with Gasteiger partial charge in [-0.05, 0) is 31.5 Å². The van der Waals surface area contributed by atoms with Crippen LogP contribution in [0.25, 0.3) is 0 Å². The Bertz CT molecular complexity index is 440. The summed E-state index contributed by atoms with van der Waals surface area (Å²) in [6, 6.07) is 6.96.